The summed E-state index contributed by atoms with van der Waals surface area (Å²) in [4.78, 5) is 49.0. The highest BCUT2D eigenvalue weighted by Gasteiger charge is 2.11. The van der Waals surface area contributed by atoms with Crippen molar-refractivity contribution in [2.45, 2.75) is 0 Å². The van der Waals surface area contributed by atoms with Crippen LogP contribution < -0.4 is 16.9 Å². The number of H-pyrrole nitrogens is 4. The summed E-state index contributed by atoms with van der Waals surface area (Å²) >= 11 is 0. The molecule has 3 heterocycles. The van der Waals surface area contributed by atoms with E-state index in [2.05, 4.69) is 24.9 Å². The second kappa shape index (κ2) is 4.07. The summed E-state index contributed by atoms with van der Waals surface area (Å²) in [7, 11) is 1.66. The SMILES string of the molecule is Cn1c(=O)[nH]c2cc3[nH]c(-c4cc(=O)[nH]c(=O)[nH]4)nc3cc21. The van der Waals surface area contributed by atoms with Gasteiger partial charge in [-0.1, -0.05) is 0 Å². The Kier molecular flexibility index (Phi) is 2.29. The van der Waals surface area contributed by atoms with Gasteiger partial charge in [-0.2, -0.15) is 0 Å². The lowest BCUT2D eigenvalue weighted by Crippen LogP contribution is -2.21. The van der Waals surface area contributed by atoms with E-state index < -0.39 is 11.2 Å². The summed E-state index contributed by atoms with van der Waals surface area (Å²) in [5.74, 6) is 0.371. The maximum atomic E-state index is 11.6. The average molecular weight is 298 g/mol. The molecule has 9 heteroatoms. The van der Waals surface area contributed by atoms with Crippen LogP contribution in [0.2, 0.25) is 0 Å². The Morgan fingerprint density at radius 2 is 1.77 bits per heavy atom. The van der Waals surface area contributed by atoms with E-state index in [0.29, 0.717) is 28.1 Å². The minimum atomic E-state index is -0.600. The first-order valence-electron chi connectivity index (χ1n) is 6.44. The first-order valence-corrected chi connectivity index (χ1v) is 6.44. The Balaban J connectivity index is 2.01. The van der Waals surface area contributed by atoms with Gasteiger partial charge in [0.2, 0.25) is 0 Å². The Morgan fingerprint density at radius 1 is 0.955 bits per heavy atom. The molecule has 0 atom stereocenters. The number of rotatable bonds is 1. The number of hydrogen-bond acceptors (Lipinski definition) is 4. The number of aromatic amines is 4. The van der Waals surface area contributed by atoms with Crippen molar-refractivity contribution in [3.8, 4) is 11.5 Å². The minimum Gasteiger partial charge on any atom is -0.337 e. The van der Waals surface area contributed by atoms with Crippen molar-refractivity contribution in [2.24, 2.45) is 7.05 Å². The van der Waals surface area contributed by atoms with Gasteiger partial charge in [-0.3, -0.25) is 14.3 Å². The van der Waals surface area contributed by atoms with Gasteiger partial charge >= 0.3 is 11.4 Å². The van der Waals surface area contributed by atoms with Crippen LogP contribution >= 0.6 is 0 Å². The molecule has 0 saturated carbocycles. The number of nitrogens with zero attached hydrogens (tertiary/aromatic N) is 2. The zero-order valence-corrected chi connectivity index (χ0v) is 11.4. The number of benzene rings is 1. The highest BCUT2D eigenvalue weighted by atomic mass is 16.2. The molecule has 9 nitrogen and oxygen atoms in total. The van der Waals surface area contributed by atoms with Crippen molar-refractivity contribution in [3.63, 3.8) is 0 Å². The second-order valence-corrected chi connectivity index (χ2v) is 4.96. The van der Waals surface area contributed by atoms with Crippen molar-refractivity contribution < 1.29 is 0 Å². The third-order valence-electron chi connectivity index (χ3n) is 3.52. The zero-order chi connectivity index (χ0) is 15.4. The second-order valence-electron chi connectivity index (χ2n) is 4.96. The summed E-state index contributed by atoms with van der Waals surface area (Å²) in [6.45, 7) is 0. The molecule has 3 aromatic heterocycles. The number of nitrogens with one attached hydrogen (secondary N) is 4. The topological polar surface area (TPSA) is 132 Å². The van der Waals surface area contributed by atoms with E-state index in [4.69, 9.17) is 0 Å². The lowest BCUT2D eigenvalue weighted by atomic mass is 10.3. The molecule has 0 radical (unpaired) electrons. The predicted molar refractivity (Wildman–Crippen MR) is 79.9 cm³/mol. The highest BCUT2D eigenvalue weighted by Crippen LogP contribution is 2.21. The van der Waals surface area contributed by atoms with Crippen LogP contribution in [-0.2, 0) is 7.05 Å². The van der Waals surface area contributed by atoms with Crippen molar-refractivity contribution in [1.29, 1.82) is 0 Å². The van der Waals surface area contributed by atoms with Crippen molar-refractivity contribution in [2.75, 3.05) is 0 Å². The van der Waals surface area contributed by atoms with E-state index in [1.165, 1.54) is 10.6 Å². The molecule has 0 fully saturated rings. The summed E-state index contributed by atoms with van der Waals surface area (Å²) in [6.07, 6.45) is 0. The number of fused-ring (bicyclic) bond motifs is 2. The van der Waals surface area contributed by atoms with Crippen LogP contribution in [-0.4, -0.2) is 29.5 Å². The van der Waals surface area contributed by atoms with Gasteiger partial charge in [-0.25, -0.2) is 14.6 Å². The van der Waals surface area contributed by atoms with Crippen LogP contribution in [0.15, 0.2) is 32.6 Å². The molecule has 1 aromatic carbocycles. The van der Waals surface area contributed by atoms with Gasteiger partial charge < -0.3 is 15.0 Å². The molecular formula is C13H10N6O3. The Bertz CT molecular complexity index is 1170. The largest absolute Gasteiger partial charge is 0.337 e. The van der Waals surface area contributed by atoms with Crippen LogP contribution in [0.1, 0.15) is 0 Å². The Hall–Kier alpha value is -3.36. The fourth-order valence-electron chi connectivity index (χ4n) is 2.46. The standard InChI is InChI=1S/C13H10N6O3/c1-19-9-3-6-5(2-7(9)17-13(19)22)14-11(15-6)8-4-10(20)18-12(21)16-8/h2-4H,1H3,(H,14,15)(H,17,22)(H2,16,18,20,21). The number of aryl methyl sites for hydroxylation is 1. The molecule has 0 aliphatic heterocycles. The molecule has 0 unspecified atom stereocenters. The molecule has 0 spiro atoms. The lowest BCUT2D eigenvalue weighted by Gasteiger charge is -1.93. The van der Waals surface area contributed by atoms with E-state index in [9.17, 15) is 14.4 Å². The quantitative estimate of drug-likeness (QED) is 0.387. The van der Waals surface area contributed by atoms with E-state index >= 15 is 0 Å². The molecule has 4 N–H and O–H groups in total. The molecule has 0 aliphatic rings. The third kappa shape index (κ3) is 1.72. The number of aromatic nitrogens is 6. The molecule has 0 bridgehead atoms. The van der Waals surface area contributed by atoms with Crippen LogP contribution in [0.25, 0.3) is 33.6 Å². The fourth-order valence-corrected chi connectivity index (χ4v) is 2.46. The van der Waals surface area contributed by atoms with Crippen molar-refractivity contribution in [1.82, 2.24) is 29.5 Å². The predicted octanol–water partition coefficient (Wildman–Crippen LogP) is -0.213. The molecule has 0 saturated heterocycles. The van der Waals surface area contributed by atoms with Gasteiger partial charge in [0, 0.05) is 13.1 Å². The normalized spacial score (nSPS) is 11.5. The van der Waals surface area contributed by atoms with Gasteiger partial charge in [-0.05, 0) is 12.1 Å². The van der Waals surface area contributed by atoms with Crippen LogP contribution in [0, 0.1) is 0 Å². The monoisotopic (exact) mass is 298 g/mol. The van der Waals surface area contributed by atoms with Crippen LogP contribution in [0.3, 0.4) is 0 Å². The molecule has 0 aliphatic carbocycles. The van der Waals surface area contributed by atoms with E-state index in [0.717, 1.165) is 5.52 Å². The molecule has 0 amide bonds. The first-order chi connectivity index (χ1) is 10.5. The summed E-state index contributed by atoms with van der Waals surface area (Å²) in [5.41, 5.74) is 1.68. The van der Waals surface area contributed by atoms with Gasteiger partial charge in [0.1, 0.15) is 0 Å². The smallest absolute Gasteiger partial charge is 0.326 e. The molecule has 110 valence electrons. The summed E-state index contributed by atoms with van der Waals surface area (Å²) in [6, 6.07) is 4.77. The number of hydrogen-bond donors (Lipinski definition) is 4. The fraction of sp³-hybridized carbons (Fsp3) is 0.0769. The van der Waals surface area contributed by atoms with Gasteiger partial charge in [0.25, 0.3) is 5.56 Å². The lowest BCUT2D eigenvalue weighted by molar-refractivity contribution is 0.892. The average Bonchev–Trinajstić information content (AvgIpc) is 2.98. The molecule has 22 heavy (non-hydrogen) atoms. The summed E-state index contributed by atoms with van der Waals surface area (Å²) in [5, 5.41) is 0. The Labute approximate surface area is 120 Å². The van der Waals surface area contributed by atoms with Crippen molar-refractivity contribution >= 4 is 22.1 Å². The highest BCUT2D eigenvalue weighted by molar-refractivity contribution is 5.92. The van der Waals surface area contributed by atoms with Crippen molar-refractivity contribution in [3.05, 3.63) is 49.5 Å². The van der Waals surface area contributed by atoms with E-state index in [-0.39, 0.29) is 5.69 Å². The van der Waals surface area contributed by atoms with Crippen LogP contribution in [0.5, 0.6) is 0 Å². The first kappa shape index (κ1) is 12.4. The zero-order valence-electron chi connectivity index (χ0n) is 11.4. The maximum Gasteiger partial charge on any atom is 0.326 e. The van der Waals surface area contributed by atoms with Gasteiger partial charge in [0.05, 0.1) is 27.8 Å². The Morgan fingerprint density at radius 3 is 2.55 bits per heavy atom. The van der Waals surface area contributed by atoms with Crippen LogP contribution in [0.4, 0.5) is 0 Å². The summed E-state index contributed by atoms with van der Waals surface area (Å²) < 4.78 is 1.48. The van der Waals surface area contributed by atoms with Gasteiger partial charge in [0.15, 0.2) is 5.82 Å². The maximum absolute atomic E-state index is 11.6. The van der Waals surface area contributed by atoms with E-state index in [1.54, 1.807) is 19.2 Å². The van der Waals surface area contributed by atoms with E-state index in [1.807, 2.05) is 0 Å². The molecular weight excluding hydrogens is 288 g/mol. The third-order valence-corrected chi connectivity index (χ3v) is 3.52. The molecule has 4 rings (SSSR count). The minimum absolute atomic E-state index is 0.207. The van der Waals surface area contributed by atoms with Gasteiger partial charge in [-0.15, -0.1) is 0 Å². The number of imidazole rings is 2. The molecule has 4 aromatic rings.